The highest BCUT2D eigenvalue weighted by Gasteiger charge is 2.21. The molecule has 1 aromatic carbocycles. The third kappa shape index (κ3) is 3.46. The zero-order chi connectivity index (χ0) is 16.2. The van der Waals surface area contributed by atoms with Gasteiger partial charge in [-0.2, -0.15) is 0 Å². The molecular formula is C16H12N2O3S2. The molecule has 116 valence electrons. The summed E-state index contributed by atoms with van der Waals surface area (Å²) in [4.78, 5) is 24.0. The van der Waals surface area contributed by atoms with Gasteiger partial charge < -0.3 is 5.32 Å². The first-order valence-electron chi connectivity index (χ1n) is 6.78. The molecule has 23 heavy (non-hydrogen) atoms. The lowest BCUT2D eigenvalue weighted by Gasteiger charge is -2.17. The molecule has 0 radical (unpaired) electrons. The highest BCUT2D eigenvalue weighted by molar-refractivity contribution is 7.17. The highest BCUT2D eigenvalue weighted by Crippen LogP contribution is 2.28. The van der Waals surface area contributed by atoms with Crippen LogP contribution in [0, 0.1) is 10.1 Å². The maximum absolute atomic E-state index is 12.4. The number of rotatable bonds is 5. The minimum atomic E-state index is -0.491. The summed E-state index contributed by atoms with van der Waals surface area (Å²) in [5.74, 6) is -0.314. The Labute approximate surface area is 140 Å². The van der Waals surface area contributed by atoms with Crippen LogP contribution in [-0.2, 0) is 0 Å². The van der Waals surface area contributed by atoms with Crippen LogP contribution in [0.5, 0.6) is 0 Å². The van der Waals surface area contributed by atoms with Gasteiger partial charge in [0.2, 0.25) is 0 Å². The minimum Gasteiger partial charge on any atom is -0.340 e. The molecule has 1 N–H and O–H groups in total. The first-order chi connectivity index (χ1) is 11.1. The average Bonchev–Trinajstić information content (AvgIpc) is 3.24. The van der Waals surface area contributed by atoms with Gasteiger partial charge in [-0.05, 0) is 23.1 Å². The van der Waals surface area contributed by atoms with E-state index in [9.17, 15) is 14.9 Å². The van der Waals surface area contributed by atoms with Crippen molar-refractivity contribution in [3.63, 3.8) is 0 Å². The van der Waals surface area contributed by atoms with E-state index in [1.807, 2.05) is 47.8 Å². The average molecular weight is 344 g/mol. The summed E-state index contributed by atoms with van der Waals surface area (Å²) in [5.41, 5.74) is 0.967. The lowest BCUT2D eigenvalue weighted by atomic mass is 10.1. The lowest BCUT2D eigenvalue weighted by Crippen LogP contribution is -2.28. The van der Waals surface area contributed by atoms with Crippen molar-refractivity contribution in [1.82, 2.24) is 5.32 Å². The van der Waals surface area contributed by atoms with Crippen LogP contribution in [0.1, 0.15) is 26.2 Å². The second-order valence-corrected chi connectivity index (χ2v) is 6.77. The number of nitrogens with zero attached hydrogens (tertiary/aromatic N) is 1. The predicted molar refractivity (Wildman–Crippen MR) is 91.0 cm³/mol. The predicted octanol–water partition coefficient (Wildman–Crippen LogP) is 4.24. The Morgan fingerprint density at radius 3 is 2.48 bits per heavy atom. The normalized spacial score (nSPS) is 11.8. The largest absolute Gasteiger partial charge is 0.340 e. The zero-order valence-corrected chi connectivity index (χ0v) is 13.5. The Kier molecular flexibility index (Phi) is 4.50. The maximum Gasteiger partial charge on any atom is 0.324 e. The molecule has 3 aromatic rings. The van der Waals surface area contributed by atoms with Gasteiger partial charge in [-0.15, -0.1) is 11.3 Å². The van der Waals surface area contributed by atoms with E-state index in [0.717, 1.165) is 21.8 Å². The molecule has 2 aromatic heterocycles. The topological polar surface area (TPSA) is 72.2 Å². The Bertz CT molecular complexity index is 813. The summed E-state index contributed by atoms with van der Waals surface area (Å²) in [6, 6.07) is 16.1. The van der Waals surface area contributed by atoms with Gasteiger partial charge in [0.15, 0.2) is 0 Å². The SMILES string of the molecule is O=C(NC(c1ccccc1)c1cccs1)c1ccc([N+](=O)[O-])s1. The monoisotopic (exact) mass is 344 g/mol. The fourth-order valence-corrected chi connectivity index (χ4v) is 3.70. The molecule has 1 atom stereocenters. The second kappa shape index (κ2) is 6.72. The van der Waals surface area contributed by atoms with E-state index in [1.54, 1.807) is 11.3 Å². The van der Waals surface area contributed by atoms with Crippen LogP contribution in [-0.4, -0.2) is 10.8 Å². The van der Waals surface area contributed by atoms with Gasteiger partial charge in [0.05, 0.1) is 15.8 Å². The minimum absolute atomic E-state index is 0.0393. The van der Waals surface area contributed by atoms with Crippen molar-refractivity contribution in [3.8, 4) is 0 Å². The van der Waals surface area contributed by atoms with Gasteiger partial charge in [-0.25, -0.2) is 0 Å². The molecule has 0 aliphatic heterocycles. The van der Waals surface area contributed by atoms with Crippen LogP contribution in [0.4, 0.5) is 5.00 Å². The zero-order valence-electron chi connectivity index (χ0n) is 11.8. The van der Waals surface area contributed by atoms with E-state index in [-0.39, 0.29) is 17.0 Å². The van der Waals surface area contributed by atoms with E-state index < -0.39 is 4.92 Å². The molecule has 0 bridgehead atoms. The molecule has 0 aliphatic carbocycles. The Morgan fingerprint density at radius 2 is 1.87 bits per heavy atom. The molecule has 0 aliphatic rings. The van der Waals surface area contributed by atoms with Crippen molar-refractivity contribution < 1.29 is 9.72 Å². The first kappa shape index (κ1) is 15.4. The summed E-state index contributed by atoms with van der Waals surface area (Å²) in [7, 11) is 0. The van der Waals surface area contributed by atoms with Crippen LogP contribution in [0.15, 0.2) is 60.0 Å². The molecule has 0 fully saturated rings. The number of amides is 1. The molecule has 1 amide bonds. The van der Waals surface area contributed by atoms with E-state index in [1.165, 1.54) is 12.1 Å². The van der Waals surface area contributed by atoms with Crippen LogP contribution >= 0.6 is 22.7 Å². The number of nitrogens with one attached hydrogen (secondary N) is 1. The summed E-state index contributed by atoms with van der Waals surface area (Å²) < 4.78 is 0. The van der Waals surface area contributed by atoms with Gasteiger partial charge in [-0.1, -0.05) is 47.7 Å². The molecule has 0 saturated carbocycles. The van der Waals surface area contributed by atoms with Gasteiger partial charge in [0, 0.05) is 10.9 Å². The molecule has 0 spiro atoms. The molecule has 1 unspecified atom stereocenters. The number of carbonyl (C=O) groups is 1. The first-order valence-corrected chi connectivity index (χ1v) is 8.48. The summed E-state index contributed by atoms with van der Waals surface area (Å²) in [6.45, 7) is 0. The van der Waals surface area contributed by atoms with Crippen molar-refractivity contribution in [2.75, 3.05) is 0 Å². The van der Waals surface area contributed by atoms with Crippen molar-refractivity contribution in [2.45, 2.75) is 6.04 Å². The van der Waals surface area contributed by atoms with E-state index >= 15 is 0 Å². The Hall–Kier alpha value is -2.51. The van der Waals surface area contributed by atoms with Crippen molar-refractivity contribution in [1.29, 1.82) is 0 Å². The summed E-state index contributed by atoms with van der Waals surface area (Å²) in [5, 5.41) is 15.6. The fourth-order valence-electron chi connectivity index (χ4n) is 2.17. The maximum atomic E-state index is 12.4. The van der Waals surface area contributed by atoms with Crippen molar-refractivity contribution in [2.24, 2.45) is 0 Å². The van der Waals surface area contributed by atoms with Crippen LogP contribution in [0.25, 0.3) is 0 Å². The number of nitro groups is 1. The van der Waals surface area contributed by atoms with Gasteiger partial charge in [-0.3, -0.25) is 14.9 Å². The molecule has 2 heterocycles. The molecular weight excluding hydrogens is 332 g/mol. The smallest absolute Gasteiger partial charge is 0.324 e. The second-order valence-electron chi connectivity index (χ2n) is 4.73. The number of thiophene rings is 2. The molecule has 0 saturated heterocycles. The van der Waals surface area contributed by atoms with Gasteiger partial charge >= 0.3 is 5.00 Å². The number of hydrogen-bond donors (Lipinski definition) is 1. The van der Waals surface area contributed by atoms with Crippen molar-refractivity contribution in [3.05, 3.63) is 85.4 Å². The van der Waals surface area contributed by atoms with Gasteiger partial charge in [0.25, 0.3) is 5.91 Å². The summed E-state index contributed by atoms with van der Waals surface area (Å²) >= 11 is 2.43. The number of hydrogen-bond acceptors (Lipinski definition) is 5. The fraction of sp³-hybridized carbons (Fsp3) is 0.0625. The van der Waals surface area contributed by atoms with E-state index in [2.05, 4.69) is 5.32 Å². The van der Waals surface area contributed by atoms with Crippen LogP contribution < -0.4 is 5.32 Å². The standard InChI is InChI=1S/C16H12N2O3S2/c19-16(13-8-9-14(23-13)18(20)21)17-15(12-7-4-10-22-12)11-5-2-1-3-6-11/h1-10,15H,(H,17,19). The number of benzene rings is 1. The Morgan fingerprint density at radius 1 is 1.09 bits per heavy atom. The van der Waals surface area contributed by atoms with Crippen LogP contribution in [0.3, 0.4) is 0 Å². The van der Waals surface area contributed by atoms with E-state index in [4.69, 9.17) is 0 Å². The van der Waals surface area contributed by atoms with Crippen LogP contribution in [0.2, 0.25) is 0 Å². The molecule has 5 nitrogen and oxygen atoms in total. The molecule has 3 rings (SSSR count). The Balaban J connectivity index is 1.86. The van der Waals surface area contributed by atoms with Crippen molar-refractivity contribution >= 4 is 33.6 Å². The van der Waals surface area contributed by atoms with Gasteiger partial charge in [0.1, 0.15) is 0 Å². The third-order valence-corrected chi connectivity index (χ3v) is 5.20. The highest BCUT2D eigenvalue weighted by atomic mass is 32.1. The quantitative estimate of drug-likeness (QED) is 0.556. The third-order valence-electron chi connectivity index (χ3n) is 3.23. The summed E-state index contributed by atoms with van der Waals surface area (Å²) in [6.07, 6.45) is 0. The number of carbonyl (C=O) groups excluding carboxylic acids is 1. The molecule has 7 heteroatoms. The lowest BCUT2D eigenvalue weighted by molar-refractivity contribution is -0.380. The van der Waals surface area contributed by atoms with E-state index in [0.29, 0.717) is 4.88 Å².